The van der Waals surface area contributed by atoms with Crippen molar-refractivity contribution < 1.29 is 5.11 Å². The Kier molecular flexibility index (Phi) is 1.67. The summed E-state index contributed by atoms with van der Waals surface area (Å²) in [6, 6.07) is 4.98. The van der Waals surface area contributed by atoms with Gasteiger partial charge in [-0.2, -0.15) is 5.26 Å². The average molecular weight is 172 g/mol. The lowest BCUT2D eigenvalue weighted by Gasteiger charge is -2.19. The highest BCUT2D eigenvalue weighted by Crippen LogP contribution is 2.28. The average Bonchev–Trinajstić information content (AvgIpc) is 2.16. The number of fused-ring (bicyclic) bond motifs is 1. The summed E-state index contributed by atoms with van der Waals surface area (Å²) < 4.78 is 0. The Hall–Kier alpha value is -1.95. The molecule has 1 aromatic carbocycles. The molecule has 0 saturated heterocycles. The van der Waals surface area contributed by atoms with Crippen molar-refractivity contribution in [1.29, 1.82) is 5.26 Å². The quantitative estimate of drug-likeness (QED) is 0.606. The highest BCUT2D eigenvalue weighted by atomic mass is 16.3. The number of rotatable bonds is 0. The van der Waals surface area contributed by atoms with Crippen LogP contribution in [0.1, 0.15) is 5.56 Å². The van der Waals surface area contributed by atoms with Gasteiger partial charge >= 0.3 is 0 Å². The maximum absolute atomic E-state index is 9.21. The van der Waals surface area contributed by atoms with E-state index in [4.69, 9.17) is 5.26 Å². The Morgan fingerprint density at radius 2 is 2.31 bits per heavy atom. The van der Waals surface area contributed by atoms with Crippen molar-refractivity contribution in [2.75, 3.05) is 11.4 Å². The molecule has 0 aliphatic carbocycles. The third kappa shape index (κ3) is 1.23. The fourth-order valence-electron chi connectivity index (χ4n) is 1.40. The van der Waals surface area contributed by atoms with E-state index >= 15 is 0 Å². The van der Waals surface area contributed by atoms with Gasteiger partial charge in [-0.1, -0.05) is 12.2 Å². The molecular weight excluding hydrogens is 164 g/mol. The second-order valence-corrected chi connectivity index (χ2v) is 2.86. The zero-order valence-corrected chi connectivity index (χ0v) is 6.94. The summed E-state index contributed by atoms with van der Waals surface area (Å²) in [7, 11) is 0. The standard InChI is InChI=1S/C10H8N2O/c11-7-12-5-1-2-8-6-9(13)3-4-10(8)12/h1-4,6,13H,5H2. The molecule has 1 N–H and O–H groups in total. The van der Waals surface area contributed by atoms with Crippen LogP contribution in [-0.4, -0.2) is 11.7 Å². The molecule has 1 aliphatic heterocycles. The number of benzene rings is 1. The molecule has 3 nitrogen and oxygen atoms in total. The van der Waals surface area contributed by atoms with E-state index in [0.717, 1.165) is 11.3 Å². The monoisotopic (exact) mass is 172 g/mol. The van der Waals surface area contributed by atoms with Crippen LogP contribution in [0.15, 0.2) is 24.3 Å². The highest BCUT2D eigenvalue weighted by molar-refractivity contribution is 5.74. The molecule has 0 atom stereocenters. The second kappa shape index (κ2) is 2.83. The fraction of sp³-hybridized carbons (Fsp3) is 0.100. The number of phenolic OH excluding ortho intramolecular Hbond substituents is 1. The van der Waals surface area contributed by atoms with E-state index in [0.29, 0.717) is 6.54 Å². The second-order valence-electron chi connectivity index (χ2n) is 2.86. The van der Waals surface area contributed by atoms with Crippen LogP contribution in [0.3, 0.4) is 0 Å². The van der Waals surface area contributed by atoms with Crippen molar-refractivity contribution in [3.05, 3.63) is 29.8 Å². The van der Waals surface area contributed by atoms with Gasteiger partial charge in [0.25, 0.3) is 0 Å². The molecule has 1 aromatic rings. The van der Waals surface area contributed by atoms with Gasteiger partial charge in [0.1, 0.15) is 5.75 Å². The molecule has 0 fully saturated rings. The Morgan fingerprint density at radius 1 is 1.46 bits per heavy atom. The summed E-state index contributed by atoms with van der Waals surface area (Å²) in [4.78, 5) is 1.58. The lowest BCUT2D eigenvalue weighted by molar-refractivity contribution is 0.475. The van der Waals surface area contributed by atoms with E-state index in [-0.39, 0.29) is 5.75 Å². The minimum atomic E-state index is 0.225. The van der Waals surface area contributed by atoms with Gasteiger partial charge in [0.15, 0.2) is 6.19 Å². The molecule has 0 amide bonds. The summed E-state index contributed by atoms with van der Waals surface area (Å²) in [5, 5.41) is 18.0. The van der Waals surface area contributed by atoms with Gasteiger partial charge in [0.05, 0.1) is 12.2 Å². The van der Waals surface area contributed by atoms with Crippen molar-refractivity contribution in [2.45, 2.75) is 0 Å². The summed E-state index contributed by atoms with van der Waals surface area (Å²) >= 11 is 0. The Bertz CT molecular complexity index is 404. The van der Waals surface area contributed by atoms with E-state index < -0.39 is 0 Å². The molecule has 0 radical (unpaired) electrons. The van der Waals surface area contributed by atoms with Gasteiger partial charge in [-0.15, -0.1) is 0 Å². The summed E-state index contributed by atoms with van der Waals surface area (Å²) in [6.45, 7) is 0.605. The zero-order valence-electron chi connectivity index (χ0n) is 6.94. The van der Waals surface area contributed by atoms with Gasteiger partial charge in [0.2, 0.25) is 0 Å². The van der Waals surface area contributed by atoms with Gasteiger partial charge in [-0.25, -0.2) is 0 Å². The van der Waals surface area contributed by atoms with Gasteiger partial charge in [0, 0.05) is 5.56 Å². The number of hydrogen-bond donors (Lipinski definition) is 1. The zero-order chi connectivity index (χ0) is 9.26. The molecule has 0 aromatic heterocycles. The molecule has 0 bridgehead atoms. The number of anilines is 1. The maximum atomic E-state index is 9.21. The molecule has 3 heteroatoms. The molecule has 1 aliphatic rings. The predicted octanol–water partition coefficient (Wildman–Crippen LogP) is 1.71. The topological polar surface area (TPSA) is 47.3 Å². The van der Waals surface area contributed by atoms with E-state index in [1.165, 1.54) is 0 Å². The highest BCUT2D eigenvalue weighted by Gasteiger charge is 2.11. The number of nitriles is 1. The van der Waals surface area contributed by atoms with Crippen LogP contribution < -0.4 is 4.90 Å². The SMILES string of the molecule is N#CN1CC=Cc2cc(O)ccc21. The lowest BCUT2D eigenvalue weighted by Crippen LogP contribution is -2.19. The van der Waals surface area contributed by atoms with Crippen LogP contribution in [0.2, 0.25) is 0 Å². The van der Waals surface area contributed by atoms with E-state index in [2.05, 4.69) is 6.19 Å². The molecule has 2 rings (SSSR count). The number of phenols is 1. The Balaban J connectivity index is 2.55. The van der Waals surface area contributed by atoms with Crippen LogP contribution in [-0.2, 0) is 0 Å². The van der Waals surface area contributed by atoms with E-state index in [9.17, 15) is 5.11 Å². The van der Waals surface area contributed by atoms with Crippen molar-refractivity contribution in [3.63, 3.8) is 0 Å². The van der Waals surface area contributed by atoms with E-state index in [1.54, 1.807) is 23.1 Å². The van der Waals surface area contributed by atoms with E-state index in [1.807, 2.05) is 12.2 Å². The molecule has 64 valence electrons. The first-order valence-corrected chi connectivity index (χ1v) is 3.98. The fourth-order valence-corrected chi connectivity index (χ4v) is 1.40. The molecule has 0 spiro atoms. The van der Waals surface area contributed by atoms with Gasteiger partial charge in [-0.05, 0) is 18.2 Å². The first-order valence-electron chi connectivity index (χ1n) is 3.98. The van der Waals surface area contributed by atoms with Crippen LogP contribution in [0, 0.1) is 11.5 Å². The molecule has 0 unspecified atom stereocenters. The van der Waals surface area contributed by atoms with Gasteiger partial charge in [-0.3, -0.25) is 4.90 Å². The van der Waals surface area contributed by atoms with Gasteiger partial charge < -0.3 is 5.11 Å². The third-order valence-electron chi connectivity index (χ3n) is 2.01. The van der Waals surface area contributed by atoms with Crippen molar-refractivity contribution in [1.82, 2.24) is 0 Å². The summed E-state index contributed by atoms with van der Waals surface area (Å²) in [6.07, 6.45) is 5.88. The predicted molar refractivity (Wildman–Crippen MR) is 50.1 cm³/mol. The largest absolute Gasteiger partial charge is 0.508 e. The Labute approximate surface area is 76.1 Å². The van der Waals surface area contributed by atoms with Crippen LogP contribution in [0.5, 0.6) is 5.75 Å². The number of aromatic hydroxyl groups is 1. The third-order valence-corrected chi connectivity index (χ3v) is 2.01. The normalized spacial score (nSPS) is 13.6. The minimum absolute atomic E-state index is 0.225. The summed E-state index contributed by atoms with van der Waals surface area (Å²) in [5.41, 5.74) is 1.73. The molecule has 13 heavy (non-hydrogen) atoms. The van der Waals surface area contributed by atoms with Crippen LogP contribution >= 0.6 is 0 Å². The lowest BCUT2D eigenvalue weighted by atomic mass is 10.1. The molecular formula is C10H8N2O. The van der Waals surface area contributed by atoms with Crippen molar-refractivity contribution >= 4 is 11.8 Å². The molecule has 0 saturated carbocycles. The first kappa shape index (κ1) is 7.69. The Morgan fingerprint density at radius 3 is 3.08 bits per heavy atom. The van der Waals surface area contributed by atoms with Crippen molar-refractivity contribution in [3.8, 4) is 11.9 Å². The van der Waals surface area contributed by atoms with Crippen LogP contribution in [0.4, 0.5) is 5.69 Å². The summed E-state index contributed by atoms with van der Waals surface area (Å²) in [5.74, 6) is 0.225. The smallest absolute Gasteiger partial charge is 0.184 e. The van der Waals surface area contributed by atoms with Crippen molar-refractivity contribution in [2.24, 2.45) is 0 Å². The minimum Gasteiger partial charge on any atom is -0.508 e. The number of nitrogens with zero attached hydrogens (tertiary/aromatic N) is 2. The van der Waals surface area contributed by atoms with Crippen LogP contribution in [0.25, 0.3) is 6.08 Å². The maximum Gasteiger partial charge on any atom is 0.184 e. The first-order chi connectivity index (χ1) is 6.31. The molecule has 1 heterocycles. The number of hydrogen-bond acceptors (Lipinski definition) is 3.